The van der Waals surface area contributed by atoms with Crippen molar-refractivity contribution >= 4 is 5.97 Å². The first-order valence-corrected chi connectivity index (χ1v) is 7.74. The molecule has 3 nitrogen and oxygen atoms in total. The summed E-state index contributed by atoms with van der Waals surface area (Å²) >= 11 is 0. The number of cyclic esters (lactones) is 1. The zero-order valence-electron chi connectivity index (χ0n) is 12.1. The van der Waals surface area contributed by atoms with Crippen LogP contribution in [0.5, 0.6) is 0 Å². The van der Waals surface area contributed by atoms with Crippen LogP contribution in [0.4, 0.5) is 0 Å². The maximum absolute atomic E-state index is 12.0. The van der Waals surface area contributed by atoms with Crippen molar-refractivity contribution in [2.45, 2.75) is 44.7 Å². The summed E-state index contributed by atoms with van der Waals surface area (Å²) in [6, 6.07) is 11.3. The number of likely N-dealkylation sites (tertiary alicyclic amines) is 1. The van der Waals surface area contributed by atoms with Gasteiger partial charge >= 0.3 is 5.97 Å². The molecule has 0 spiro atoms. The highest BCUT2D eigenvalue weighted by molar-refractivity contribution is 5.74. The molecule has 2 saturated heterocycles. The van der Waals surface area contributed by atoms with Crippen molar-refractivity contribution in [2.75, 3.05) is 13.2 Å². The van der Waals surface area contributed by atoms with E-state index in [1.165, 1.54) is 12.0 Å². The van der Waals surface area contributed by atoms with E-state index >= 15 is 0 Å². The third-order valence-electron chi connectivity index (χ3n) is 4.79. The summed E-state index contributed by atoms with van der Waals surface area (Å²) in [7, 11) is 0. The Morgan fingerprint density at radius 3 is 2.75 bits per heavy atom. The summed E-state index contributed by atoms with van der Waals surface area (Å²) < 4.78 is 5.27. The second-order valence-electron chi connectivity index (χ2n) is 5.95. The van der Waals surface area contributed by atoms with Crippen LogP contribution < -0.4 is 0 Å². The molecule has 1 aromatic rings. The molecule has 0 N–H and O–H groups in total. The molecule has 0 saturated carbocycles. The predicted octanol–water partition coefficient (Wildman–Crippen LogP) is 3.17. The number of nitrogens with zero attached hydrogens (tertiary/aromatic N) is 1. The van der Waals surface area contributed by atoms with E-state index in [0.29, 0.717) is 18.7 Å². The quantitative estimate of drug-likeness (QED) is 0.792. The minimum atomic E-state index is 0.0217. The highest BCUT2D eigenvalue weighted by Gasteiger charge is 2.40. The number of rotatable bonds is 3. The molecule has 108 valence electrons. The Morgan fingerprint density at radius 1 is 1.20 bits per heavy atom. The fourth-order valence-electron chi connectivity index (χ4n) is 3.70. The standard InChI is InChI=1S/C17H23NO2/c1-13(14-7-3-2-4-8-14)18-11-5-10-16(18)15-9-6-12-20-17(15)19/h2-4,7-8,13,15-16H,5-6,9-12H2,1H3/t13-,15-,16+/m0/s1. The third kappa shape index (κ3) is 2.59. The number of ether oxygens (including phenoxy) is 1. The molecule has 0 aromatic heterocycles. The van der Waals surface area contributed by atoms with E-state index < -0.39 is 0 Å². The van der Waals surface area contributed by atoms with E-state index in [4.69, 9.17) is 4.74 Å². The molecule has 20 heavy (non-hydrogen) atoms. The van der Waals surface area contributed by atoms with Gasteiger partial charge in [0.1, 0.15) is 0 Å². The Hall–Kier alpha value is -1.35. The van der Waals surface area contributed by atoms with Crippen LogP contribution >= 0.6 is 0 Å². The normalized spacial score (nSPS) is 29.1. The first-order valence-electron chi connectivity index (χ1n) is 7.74. The van der Waals surface area contributed by atoms with Crippen molar-refractivity contribution in [1.82, 2.24) is 4.90 Å². The van der Waals surface area contributed by atoms with E-state index in [9.17, 15) is 4.79 Å². The van der Waals surface area contributed by atoms with Crippen molar-refractivity contribution in [3.8, 4) is 0 Å². The van der Waals surface area contributed by atoms with Gasteiger partial charge in [0.15, 0.2) is 0 Å². The molecular weight excluding hydrogens is 250 g/mol. The molecule has 0 aliphatic carbocycles. The van der Waals surface area contributed by atoms with Crippen LogP contribution in [0.25, 0.3) is 0 Å². The zero-order valence-corrected chi connectivity index (χ0v) is 12.1. The first kappa shape index (κ1) is 13.6. The zero-order chi connectivity index (χ0) is 13.9. The van der Waals surface area contributed by atoms with Gasteiger partial charge in [-0.05, 0) is 44.7 Å². The molecule has 2 aliphatic rings. The fraction of sp³-hybridized carbons (Fsp3) is 0.588. The Labute approximate surface area is 120 Å². The number of hydrogen-bond donors (Lipinski definition) is 0. The maximum atomic E-state index is 12.0. The minimum Gasteiger partial charge on any atom is -0.465 e. The second-order valence-corrected chi connectivity index (χ2v) is 5.95. The summed E-state index contributed by atoms with van der Waals surface area (Å²) in [5.41, 5.74) is 1.34. The summed E-state index contributed by atoms with van der Waals surface area (Å²) in [4.78, 5) is 14.5. The van der Waals surface area contributed by atoms with Gasteiger partial charge in [0.25, 0.3) is 0 Å². The van der Waals surface area contributed by atoms with Gasteiger partial charge in [0.05, 0.1) is 12.5 Å². The predicted molar refractivity (Wildman–Crippen MR) is 78.3 cm³/mol. The summed E-state index contributed by atoms with van der Waals surface area (Å²) in [5.74, 6) is 0.103. The van der Waals surface area contributed by atoms with E-state index in [1.54, 1.807) is 0 Å². The van der Waals surface area contributed by atoms with Crippen molar-refractivity contribution < 1.29 is 9.53 Å². The van der Waals surface area contributed by atoms with Crippen LogP contribution in [0.2, 0.25) is 0 Å². The first-order chi connectivity index (χ1) is 9.77. The summed E-state index contributed by atoms with van der Waals surface area (Å²) in [5, 5.41) is 0. The summed E-state index contributed by atoms with van der Waals surface area (Å²) in [6.07, 6.45) is 4.31. The Balaban J connectivity index is 1.76. The van der Waals surface area contributed by atoms with Crippen LogP contribution in [-0.4, -0.2) is 30.1 Å². The average molecular weight is 273 g/mol. The van der Waals surface area contributed by atoms with E-state index in [1.807, 2.05) is 0 Å². The van der Waals surface area contributed by atoms with Crippen LogP contribution in [0.15, 0.2) is 30.3 Å². The molecular formula is C17H23NO2. The smallest absolute Gasteiger partial charge is 0.310 e. The topological polar surface area (TPSA) is 29.5 Å². The number of carbonyl (C=O) groups excluding carboxylic acids is 1. The molecule has 0 bridgehead atoms. The van der Waals surface area contributed by atoms with Gasteiger partial charge in [-0.1, -0.05) is 30.3 Å². The monoisotopic (exact) mass is 273 g/mol. The van der Waals surface area contributed by atoms with Gasteiger partial charge < -0.3 is 4.74 Å². The van der Waals surface area contributed by atoms with Gasteiger partial charge in [0, 0.05) is 12.1 Å². The average Bonchev–Trinajstić information content (AvgIpc) is 2.97. The van der Waals surface area contributed by atoms with Crippen LogP contribution in [0.3, 0.4) is 0 Å². The van der Waals surface area contributed by atoms with Gasteiger partial charge in [-0.25, -0.2) is 0 Å². The SMILES string of the molecule is C[C@@H](c1ccccc1)N1CCC[C@@H]1[C@@H]1CCCOC1=O. The number of benzene rings is 1. The highest BCUT2D eigenvalue weighted by atomic mass is 16.5. The van der Waals surface area contributed by atoms with Crippen LogP contribution in [-0.2, 0) is 9.53 Å². The molecule has 0 radical (unpaired) electrons. The van der Waals surface area contributed by atoms with E-state index in [2.05, 4.69) is 42.2 Å². The number of carbonyl (C=O) groups is 1. The van der Waals surface area contributed by atoms with Crippen molar-refractivity contribution in [3.05, 3.63) is 35.9 Å². The molecule has 2 aliphatic heterocycles. The fourth-order valence-corrected chi connectivity index (χ4v) is 3.70. The van der Waals surface area contributed by atoms with Crippen molar-refractivity contribution in [3.63, 3.8) is 0 Å². The van der Waals surface area contributed by atoms with E-state index in [-0.39, 0.29) is 11.9 Å². The molecule has 3 rings (SSSR count). The lowest BCUT2D eigenvalue weighted by Gasteiger charge is -2.36. The van der Waals surface area contributed by atoms with Gasteiger partial charge in [-0.15, -0.1) is 0 Å². The lowest BCUT2D eigenvalue weighted by atomic mass is 9.90. The molecule has 0 unspecified atom stereocenters. The van der Waals surface area contributed by atoms with E-state index in [0.717, 1.165) is 25.8 Å². The van der Waals surface area contributed by atoms with Gasteiger partial charge in [-0.2, -0.15) is 0 Å². The largest absolute Gasteiger partial charge is 0.465 e. The minimum absolute atomic E-state index is 0.0217. The molecule has 2 fully saturated rings. The highest BCUT2D eigenvalue weighted by Crippen LogP contribution is 2.35. The third-order valence-corrected chi connectivity index (χ3v) is 4.79. The van der Waals surface area contributed by atoms with Gasteiger partial charge in [0.2, 0.25) is 0 Å². The second kappa shape index (κ2) is 5.96. The van der Waals surface area contributed by atoms with Crippen LogP contribution in [0, 0.1) is 5.92 Å². The Morgan fingerprint density at radius 2 is 2.00 bits per heavy atom. The lowest BCUT2D eigenvalue weighted by molar-refractivity contribution is -0.155. The molecule has 1 aromatic carbocycles. The van der Waals surface area contributed by atoms with Crippen LogP contribution in [0.1, 0.15) is 44.2 Å². The molecule has 3 heteroatoms. The van der Waals surface area contributed by atoms with Crippen molar-refractivity contribution in [2.24, 2.45) is 5.92 Å². The Kier molecular flexibility index (Phi) is 4.06. The molecule has 2 heterocycles. The maximum Gasteiger partial charge on any atom is 0.310 e. The number of hydrogen-bond acceptors (Lipinski definition) is 3. The Bertz CT molecular complexity index is 459. The van der Waals surface area contributed by atoms with Crippen molar-refractivity contribution in [1.29, 1.82) is 0 Å². The lowest BCUT2D eigenvalue weighted by Crippen LogP contribution is -2.43. The molecule has 3 atom stereocenters. The molecule has 0 amide bonds. The van der Waals surface area contributed by atoms with Gasteiger partial charge in [-0.3, -0.25) is 9.69 Å². The summed E-state index contributed by atoms with van der Waals surface area (Å²) in [6.45, 7) is 3.95. The number of esters is 1.